The number of carbonyl (C=O) groups excluding carboxylic acids is 1. The molecule has 0 unspecified atom stereocenters. The molecule has 1 saturated heterocycles. The molecule has 4 nitrogen and oxygen atoms in total. The molecule has 0 saturated carbocycles. The molecule has 10 heavy (non-hydrogen) atoms. The van der Waals surface area contributed by atoms with E-state index >= 15 is 0 Å². The molecule has 0 aliphatic carbocycles. The number of nitrogens with zero attached hydrogens (tertiary/aromatic N) is 1. The fourth-order valence-corrected chi connectivity index (χ4v) is 0.875. The van der Waals surface area contributed by atoms with Crippen LogP contribution in [0.2, 0.25) is 0 Å². The van der Waals surface area contributed by atoms with Crippen LogP contribution < -0.4 is 11.3 Å². The smallest absolute Gasteiger partial charge is 0.221 e. The van der Waals surface area contributed by atoms with E-state index in [1.807, 2.05) is 0 Å². The molecule has 0 spiro atoms. The van der Waals surface area contributed by atoms with Gasteiger partial charge in [0.25, 0.3) is 0 Å². The van der Waals surface area contributed by atoms with Crippen molar-refractivity contribution in [2.24, 2.45) is 5.84 Å². The second-order valence-corrected chi connectivity index (χ2v) is 2.29. The van der Waals surface area contributed by atoms with Crippen molar-refractivity contribution in [3.05, 3.63) is 0 Å². The van der Waals surface area contributed by atoms with Crippen LogP contribution in [0.3, 0.4) is 0 Å². The molecule has 0 aromatic heterocycles. The van der Waals surface area contributed by atoms with Gasteiger partial charge in [0.15, 0.2) is 0 Å². The minimum absolute atomic E-state index is 0.403. The van der Waals surface area contributed by atoms with Crippen LogP contribution in [0.1, 0.15) is 12.8 Å². The second-order valence-electron chi connectivity index (χ2n) is 2.29. The van der Waals surface area contributed by atoms with Gasteiger partial charge in [-0.15, -0.1) is 0 Å². The Bertz CT molecular complexity index is 81.1. The SMILES string of the molecule is CN1CCCC1.NNC=O. The lowest BCUT2D eigenvalue weighted by molar-refractivity contribution is -0.109. The average molecular weight is 145 g/mol. The number of nitrogens with one attached hydrogen (secondary N) is 1. The Balaban J connectivity index is 0.000000180. The largest absolute Gasteiger partial charge is 0.306 e. The molecule has 0 aromatic carbocycles. The van der Waals surface area contributed by atoms with Crippen molar-refractivity contribution in [3.63, 3.8) is 0 Å². The van der Waals surface area contributed by atoms with E-state index in [1.54, 1.807) is 5.43 Å². The van der Waals surface area contributed by atoms with Crippen LogP contribution in [0.25, 0.3) is 0 Å². The first-order chi connectivity index (χ1) is 4.81. The number of amides is 1. The van der Waals surface area contributed by atoms with Crippen molar-refractivity contribution in [1.82, 2.24) is 10.3 Å². The lowest BCUT2D eigenvalue weighted by Crippen LogP contribution is -2.18. The van der Waals surface area contributed by atoms with Crippen molar-refractivity contribution in [2.75, 3.05) is 20.1 Å². The molecule has 1 fully saturated rings. The zero-order chi connectivity index (χ0) is 7.82. The molecule has 0 bridgehead atoms. The number of hydrogen-bond donors (Lipinski definition) is 2. The van der Waals surface area contributed by atoms with Gasteiger partial charge < -0.3 is 4.90 Å². The Kier molecular flexibility index (Phi) is 6.11. The van der Waals surface area contributed by atoms with Crippen molar-refractivity contribution in [2.45, 2.75) is 12.8 Å². The summed E-state index contributed by atoms with van der Waals surface area (Å²) in [6.07, 6.45) is 3.23. The predicted molar refractivity (Wildman–Crippen MR) is 40.1 cm³/mol. The topological polar surface area (TPSA) is 58.4 Å². The summed E-state index contributed by atoms with van der Waals surface area (Å²) in [5, 5.41) is 0. The van der Waals surface area contributed by atoms with Gasteiger partial charge in [0.05, 0.1) is 0 Å². The Morgan fingerprint density at radius 3 is 2.00 bits per heavy atom. The van der Waals surface area contributed by atoms with E-state index in [2.05, 4.69) is 17.8 Å². The summed E-state index contributed by atoms with van der Waals surface area (Å²) in [4.78, 5) is 11.3. The van der Waals surface area contributed by atoms with E-state index < -0.39 is 0 Å². The molecule has 0 radical (unpaired) electrons. The molecule has 0 aromatic rings. The number of hydrazine groups is 1. The third-order valence-electron chi connectivity index (χ3n) is 1.40. The number of carbonyl (C=O) groups is 1. The molecule has 1 heterocycles. The Hall–Kier alpha value is -0.610. The van der Waals surface area contributed by atoms with Crippen LogP contribution in [0.15, 0.2) is 0 Å². The molecule has 1 aliphatic rings. The fraction of sp³-hybridized carbons (Fsp3) is 0.833. The van der Waals surface area contributed by atoms with Gasteiger partial charge in [-0.05, 0) is 33.0 Å². The molecule has 1 rings (SSSR count). The maximum Gasteiger partial charge on any atom is 0.221 e. The Morgan fingerprint density at radius 2 is 1.90 bits per heavy atom. The quantitative estimate of drug-likeness (QED) is 0.222. The number of rotatable bonds is 1. The van der Waals surface area contributed by atoms with Gasteiger partial charge in [-0.1, -0.05) is 0 Å². The Labute approximate surface area is 61.3 Å². The van der Waals surface area contributed by atoms with Crippen molar-refractivity contribution in [1.29, 1.82) is 0 Å². The summed E-state index contributed by atoms with van der Waals surface area (Å²) in [6, 6.07) is 0. The second kappa shape index (κ2) is 6.51. The van der Waals surface area contributed by atoms with Crippen LogP contribution in [0.5, 0.6) is 0 Å². The summed E-state index contributed by atoms with van der Waals surface area (Å²) >= 11 is 0. The molecule has 0 atom stereocenters. The van der Waals surface area contributed by atoms with Gasteiger partial charge in [0.2, 0.25) is 6.41 Å². The Morgan fingerprint density at radius 1 is 1.50 bits per heavy atom. The lowest BCUT2D eigenvalue weighted by atomic mass is 10.4. The van der Waals surface area contributed by atoms with Crippen molar-refractivity contribution >= 4 is 6.41 Å². The molecule has 1 amide bonds. The summed E-state index contributed by atoms with van der Waals surface area (Å²) in [7, 11) is 2.17. The van der Waals surface area contributed by atoms with Crippen molar-refractivity contribution in [3.8, 4) is 0 Å². The maximum absolute atomic E-state index is 8.94. The monoisotopic (exact) mass is 145 g/mol. The molecule has 60 valence electrons. The molecule has 1 aliphatic heterocycles. The highest BCUT2D eigenvalue weighted by atomic mass is 16.1. The third kappa shape index (κ3) is 5.53. The van der Waals surface area contributed by atoms with Crippen LogP contribution in [0.4, 0.5) is 0 Å². The van der Waals surface area contributed by atoms with E-state index in [0.29, 0.717) is 6.41 Å². The normalized spacial score (nSPS) is 17.4. The lowest BCUT2D eigenvalue weighted by Gasteiger charge is -2.01. The van der Waals surface area contributed by atoms with E-state index in [1.165, 1.54) is 25.9 Å². The van der Waals surface area contributed by atoms with Gasteiger partial charge >= 0.3 is 0 Å². The van der Waals surface area contributed by atoms with E-state index in [0.717, 1.165) is 0 Å². The predicted octanol–water partition coefficient (Wildman–Crippen LogP) is -0.682. The van der Waals surface area contributed by atoms with E-state index in [9.17, 15) is 0 Å². The first kappa shape index (κ1) is 9.39. The molecule has 3 N–H and O–H groups in total. The summed E-state index contributed by atoms with van der Waals surface area (Å²) in [5.74, 6) is 4.41. The minimum atomic E-state index is 0.403. The van der Waals surface area contributed by atoms with Gasteiger partial charge in [-0.2, -0.15) is 0 Å². The van der Waals surface area contributed by atoms with Gasteiger partial charge in [-0.3, -0.25) is 10.2 Å². The number of nitrogens with two attached hydrogens (primary N) is 1. The highest BCUT2D eigenvalue weighted by molar-refractivity contribution is 5.44. The average Bonchev–Trinajstić information content (AvgIpc) is 2.40. The first-order valence-corrected chi connectivity index (χ1v) is 3.39. The number of hydrogen-bond acceptors (Lipinski definition) is 3. The molecular formula is C6H15N3O. The summed E-state index contributed by atoms with van der Waals surface area (Å²) < 4.78 is 0. The summed E-state index contributed by atoms with van der Waals surface area (Å²) in [6.45, 7) is 2.64. The fourth-order valence-electron chi connectivity index (χ4n) is 0.875. The van der Waals surface area contributed by atoms with E-state index in [-0.39, 0.29) is 0 Å². The summed E-state index contributed by atoms with van der Waals surface area (Å²) in [5.41, 5.74) is 1.75. The van der Waals surface area contributed by atoms with Gasteiger partial charge in [0.1, 0.15) is 0 Å². The van der Waals surface area contributed by atoms with Crippen LogP contribution in [0, 0.1) is 0 Å². The van der Waals surface area contributed by atoms with Gasteiger partial charge in [-0.25, -0.2) is 5.84 Å². The van der Waals surface area contributed by atoms with E-state index in [4.69, 9.17) is 4.79 Å². The zero-order valence-electron chi connectivity index (χ0n) is 6.34. The highest BCUT2D eigenvalue weighted by Crippen LogP contribution is 2.01. The molecule has 4 heteroatoms. The standard InChI is InChI=1S/C5H11N.CH4N2O/c1-6-4-2-3-5-6;2-3-1-4/h2-5H2,1H3;1H,2H2,(H,3,4). The van der Waals surface area contributed by atoms with Crippen LogP contribution in [-0.4, -0.2) is 31.4 Å². The maximum atomic E-state index is 8.94. The minimum Gasteiger partial charge on any atom is -0.306 e. The third-order valence-corrected chi connectivity index (χ3v) is 1.40. The van der Waals surface area contributed by atoms with Crippen LogP contribution >= 0.6 is 0 Å². The van der Waals surface area contributed by atoms with Gasteiger partial charge in [0, 0.05) is 0 Å². The zero-order valence-corrected chi connectivity index (χ0v) is 6.34. The molecular weight excluding hydrogens is 130 g/mol. The van der Waals surface area contributed by atoms with Crippen LogP contribution in [-0.2, 0) is 4.79 Å². The number of likely N-dealkylation sites (tertiary alicyclic amines) is 1. The highest BCUT2D eigenvalue weighted by Gasteiger charge is 2.03. The first-order valence-electron chi connectivity index (χ1n) is 3.39. The van der Waals surface area contributed by atoms with Crippen molar-refractivity contribution < 1.29 is 4.79 Å².